The largest absolute Gasteiger partial charge is 0.457 e. The molecule has 0 N–H and O–H groups in total. The molecule has 4 aliphatic rings. The van der Waals surface area contributed by atoms with Gasteiger partial charge in [-0.3, -0.25) is 0 Å². The summed E-state index contributed by atoms with van der Waals surface area (Å²) in [5, 5.41) is 4.92. The van der Waals surface area contributed by atoms with Crippen LogP contribution in [-0.2, 0) is 0 Å². The van der Waals surface area contributed by atoms with Crippen molar-refractivity contribution < 1.29 is 4.42 Å². The van der Waals surface area contributed by atoms with Gasteiger partial charge in [0.2, 0.25) is 20.1 Å². The van der Waals surface area contributed by atoms with Gasteiger partial charge in [-0.05, 0) is 125 Å². The van der Waals surface area contributed by atoms with Gasteiger partial charge in [0.05, 0.1) is 11.0 Å². The topological polar surface area (TPSA) is 56.7 Å². The van der Waals surface area contributed by atoms with Crippen LogP contribution >= 0.6 is 0 Å². The Hall–Kier alpha value is -16.7. The lowest BCUT2D eigenvalue weighted by Crippen LogP contribution is -2.55. The Morgan fingerprint density at radius 2 is 0.432 bits per heavy atom. The van der Waals surface area contributed by atoms with E-state index in [-0.39, 0.29) is 26.9 Å². The SMILES string of the molecule is c1ccc(-c2nc(B3c4ccccc4-c4ccccc4-c4ccccc43)nc(-c3ccccc3)n2)cc1.c1ccc(B2c3ccccc3-c3ccccc3-c3ccccc32)cc1.c1ccc2c(c1)B(c1ccc(-n3c4ccccc4c4ccccc43)cc1)c1ccccc1-c1ccccc1-2.c1ccc2c(c1)B(c1cccc3c1oc1ccccc13)c1ccccc1-c1ccccc1-2. The Kier molecular flexibility index (Phi) is 20.4. The van der Waals surface area contributed by atoms with Gasteiger partial charge in [-0.1, -0.05) is 522 Å². The Balaban J connectivity index is 0.0000000981. The maximum Gasteiger partial charge on any atom is 0.291 e. The smallest absolute Gasteiger partial charge is 0.291 e. The summed E-state index contributed by atoms with van der Waals surface area (Å²) in [4.78, 5) is 15.2. The molecule has 0 saturated carbocycles. The molecule has 0 fully saturated rings. The normalized spacial score (nSPS) is 12.0. The van der Waals surface area contributed by atoms with Gasteiger partial charge in [0.15, 0.2) is 11.6 Å². The second-order valence-corrected chi connectivity index (χ2v) is 34.4. The van der Waals surface area contributed by atoms with Gasteiger partial charge in [0.25, 0.3) is 6.71 Å². The van der Waals surface area contributed by atoms with Gasteiger partial charge >= 0.3 is 0 Å². The maximum absolute atomic E-state index is 6.48. The fourth-order valence-corrected chi connectivity index (χ4v) is 21.4. The van der Waals surface area contributed by atoms with E-state index in [2.05, 4.69) is 460 Å². The molecule has 0 radical (unpaired) electrons. The van der Waals surface area contributed by atoms with E-state index in [1.54, 1.807) is 0 Å². The predicted octanol–water partition coefficient (Wildman–Crippen LogP) is 21.9. The molecule has 0 aliphatic carbocycles. The zero-order valence-electron chi connectivity index (χ0n) is 72.3. The number of hydrogen-bond acceptors (Lipinski definition) is 4. The second-order valence-electron chi connectivity index (χ2n) is 34.4. The van der Waals surface area contributed by atoms with Crippen molar-refractivity contribution in [2.24, 2.45) is 0 Å². The monoisotopic (exact) mass is 1670 g/mol. The molecule has 0 amide bonds. The van der Waals surface area contributed by atoms with E-state index in [1.807, 2.05) is 42.5 Å². The molecule has 0 spiro atoms. The first-order valence-corrected chi connectivity index (χ1v) is 45.6. The van der Waals surface area contributed by atoms with Crippen molar-refractivity contribution in [2.45, 2.75) is 0 Å². The van der Waals surface area contributed by atoms with E-state index in [9.17, 15) is 0 Å². The van der Waals surface area contributed by atoms with E-state index in [0.717, 1.165) is 28.0 Å². The van der Waals surface area contributed by atoms with E-state index in [0.29, 0.717) is 11.6 Å². The fourth-order valence-electron chi connectivity index (χ4n) is 21.4. The zero-order chi connectivity index (χ0) is 87.4. The second kappa shape index (κ2) is 34.1. The highest BCUT2D eigenvalue weighted by atomic mass is 16.3. The van der Waals surface area contributed by atoms with Crippen LogP contribution in [0.15, 0.2) is 502 Å². The average molecular weight is 1680 g/mol. The van der Waals surface area contributed by atoms with Crippen LogP contribution < -0.4 is 65.8 Å². The molecule has 0 saturated heterocycles. The van der Waals surface area contributed by atoms with Crippen LogP contribution in [0.2, 0.25) is 0 Å². The molecule has 5 nitrogen and oxygen atoms in total. The molecule has 4 aliphatic heterocycles. The third-order valence-electron chi connectivity index (χ3n) is 27.1. The molecule has 3 aromatic heterocycles. The molecular weight excluding hydrogens is 1590 g/mol. The molecule has 132 heavy (non-hydrogen) atoms. The first kappa shape index (κ1) is 78.7. The van der Waals surface area contributed by atoms with E-state index >= 15 is 0 Å². The number of nitrogens with zero attached hydrogens (tertiary/aromatic N) is 4. The molecule has 20 aromatic carbocycles. The van der Waals surface area contributed by atoms with Crippen molar-refractivity contribution in [1.82, 2.24) is 19.5 Å². The van der Waals surface area contributed by atoms with Crippen LogP contribution in [0.25, 0.3) is 161 Å². The van der Waals surface area contributed by atoms with Crippen molar-refractivity contribution in [3.63, 3.8) is 0 Å². The van der Waals surface area contributed by atoms with Gasteiger partial charge < -0.3 is 8.98 Å². The third-order valence-corrected chi connectivity index (χ3v) is 27.1. The first-order valence-electron chi connectivity index (χ1n) is 45.6. The molecule has 27 rings (SSSR count). The lowest BCUT2D eigenvalue weighted by molar-refractivity contribution is 0.671. The maximum atomic E-state index is 6.48. The molecule has 9 heteroatoms. The minimum atomic E-state index is -0.146. The summed E-state index contributed by atoms with van der Waals surface area (Å²) in [5.41, 5.74) is 43.2. The summed E-state index contributed by atoms with van der Waals surface area (Å²) < 4.78 is 8.87. The summed E-state index contributed by atoms with van der Waals surface area (Å²) in [7, 11) is 0. The summed E-state index contributed by atoms with van der Waals surface area (Å²) in [6.45, 7) is 0.342. The number of rotatable bonds is 7. The Bertz CT molecular complexity index is 7960. The van der Waals surface area contributed by atoms with E-state index in [4.69, 9.17) is 19.4 Å². The number of hydrogen-bond donors (Lipinski definition) is 0. The fraction of sp³-hybridized carbons (Fsp3) is 0. The van der Waals surface area contributed by atoms with Crippen LogP contribution in [0, 0.1) is 0 Å². The number of furan rings is 1. The lowest BCUT2D eigenvalue weighted by Gasteiger charge is -2.19. The Morgan fingerprint density at radius 3 is 0.788 bits per heavy atom. The quantitative estimate of drug-likeness (QED) is 0.149. The molecule has 0 bridgehead atoms. The van der Waals surface area contributed by atoms with Crippen molar-refractivity contribution in [2.75, 3.05) is 0 Å². The summed E-state index contributed by atoms with van der Waals surface area (Å²) in [6.07, 6.45) is 0. The van der Waals surface area contributed by atoms with Crippen LogP contribution in [0.5, 0.6) is 0 Å². The molecular formula is C123H82B4N4O. The van der Waals surface area contributed by atoms with Gasteiger partial charge in [-0.25, -0.2) is 15.0 Å². The number of fused-ring (bicyclic) bond motifs is 26. The summed E-state index contributed by atoms with van der Waals surface area (Å²) in [6, 6.07) is 178. The molecule has 612 valence electrons. The third kappa shape index (κ3) is 13.9. The average Bonchev–Trinajstić information content (AvgIpc) is 1.58. The summed E-state index contributed by atoms with van der Waals surface area (Å²) in [5.74, 6) is 1.36. The van der Waals surface area contributed by atoms with Gasteiger partial charge in [-0.2, -0.15) is 0 Å². The van der Waals surface area contributed by atoms with Crippen molar-refractivity contribution in [3.05, 3.63) is 497 Å². The molecule has 23 aromatic rings. The highest BCUT2D eigenvalue weighted by molar-refractivity contribution is 7.00. The lowest BCUT2D eigenvalue weighted by atomic mass is 9.35. The Morgan fingerprint density at radius 1 is 0.174 bits per heavy atom. The van der Waals surface area contributed by atoms with Gasteiger partial charge in [0.1, 0.15) is 16.9 Å². The number of para-hydroxylation sites is 4. The van der Waals surface area contributed by atoms with Crippen molar-refractivity contribution in [3.8, 4) is 117 Å². The zero-order valence-corrected chi connectivity index (χ0v) is 72.3. The molecule has 7 heterocycles. The first-order chi connectivity index (χ1) is 65.6. The van der Waals surface area contributed by atoms with Crippen LogP contribution in [-0.4, -0.2) is 46.4 Å². The van der Waals surface area contributed by atoms with Crippen LogP contribution in [0.1, 0.15) is 0 Å². The highest BCUT2D eigenvalue weighted by Gasteiger charge is 2.38. The van der Waals surface area contributed by atoms with E-state index in [1.165, 1.54) is 187 Å². The van der Waals surface area contributed by atoms with Crippen LogP contribution in [0.4, 0.5) is 0 Å². The number of benzene rings is 20. The minimum absolute atomic E-state index is 0.0825. The van der Waals surface area contributed by atoms with E-state index < -0.39 is 0 Å². The highest BCUT2D eigenvalue weighted by Crippen LogP contribution is 2.41. The molecule has 0 unspecified atom stereocenters. The van der Waals surface area contributed by atoms with Crippen molar-refractivity contribution >= 4 is 136 Å². The summed E-state index contributed by atoms with van der Waals surface area (Å²) >= 11 is 0. The molecule has 0 atom stereocenters. The van der Waals surface area contributed by atoms with Crippen molar-refractivity contribution in [1.29, 1.82) is 0 Å². The minimum Gasteiger partial charge on any atom is -0.457 e. The standard InChI is InChI=1S/C36H24BN.C33H22BN3.C30H19BO.C24H17B/c1-2-12-28-27(11-1)29-13-3-7-17-33(29)37(34-18-8-4-14-30(28)34)25-21-23-26(24-22-25)38-35-19-9-5-15-31(35)32-16-6-10-20-36(32)38;1-3-13-23(14-4-1)31-35-32(24-15-5-2-6-16-24)37-33(36-31)34-29-21-11-9-19-27(29)25-17-7-8-18-26(25)28-20-10-12-22-30(28)34;1-2-11-21-20(10-1)22-12-3-6-16-26(22)31(27-17-7-4-13-23(21)27)28-18-9-15-25-24-14-5-8-19-29(24)32-30(25)28;1-2-10-18(11-3-1)25-23-16-8-6-14-21(23)19-12-4-5-13-20(19)22-15-7-9-17-24(22)25/h1-24H;1-22H;1-19H;1-17H. The predicted molar refractivity (Wildman–Crippen MR) is 560 cm³/mol. The number of aromatic nitrogens is 4. The Labute approximate surface area is 769 Å². The van der Waals surface area contributed by atoms with Crippen LogP contribution in [0.3, 0.4) is 0 Å². The van der Waals surface area contributed by atoms with Gasteiger partial charge in [-0.15, -0.1) is 0 Å². The van der Waals surface area contributed by atoms with Gasteiger partial charge in [0, 0.05) is 38.4 Å².